The average molecular weight is 464 g/mol. The van der Waals surface area contributed by atoms with Crippen molar-refractivity contribution in [3.05, 3.63) is 52.2 Å². The van der Waals surface area contributed by atoms with Crippen molar-refractivity contribution in [3.8, 4) is 0 Å². The number of hydrogen-bond acceptors (Lipinski definition) is 5. The Labute approximate surface area is 190 Å². The van der Waals surface area contributed by atoms with Gasteiger partial charge >= 0.3 is 0 Å². The molecule has 6 nitrogen and oxygen atoms in total. The molecule has 1 amide bonds. The molecular weight excluding hydrogens is 430 g/mol. The summed E-state index contributed by atoms with van der Waals surface area (Å²) in [6, 6.07) is 10.3. The minimum atomic E-state index is -3.67. The predicted molar refractivity (Wildman–Crippen MR) is 126 cm³/mol. The second-order valence-corrected chi connectivity index (χ2v) is 10.8. The monoisotopic (exact) mass is 463 g/mol. The summed E-state index contributed by atoms with van der Waals surface area (Å²) in [7, 11) is -3.67. The Morgan fingerprint density at radius 3 is 2.35 bits per heavy atom. The average Bonchev–Trinajstić information content (AvgIpc) is 3.30. The zero-order valence-corrected chi connectivity index (χ0v) is 20.2. The molecule has 170 valence electrons. The lowest BCUT2D eigenvalue weighted by Gasteiger charge is -2.36. The fourth-order valence-corrected chi connectivity index (χ4v) is 5.87. The van der Waals surface area contributed by atoms with E-state index in [1.807, 2.05) is 25.3 Å². The molecule has 0 radical (unpaired) electrons. The van der Waals surface area contributed by atoms with Crippen LogP contribution in [-0.2, 0) is 10.0 Å². The SMILES string of the molecule is CCN(CC)C(=O)c1ccc(S(=O)(=O)NCC(c2cccs2)N2CCC(C)CC2)cc1. The van der Waals surface area contributed by atoms with Crippen molar-refractivity contribution in [1.82, 2.24) is 14.5 Å². The molecule has 2 aromatic rings. The highest BCUT2D eigenvalue weighted by Gasteiger charge is 2.27. The Morgan fingerprint density at radius 1 is 1.16 bits per heavy atom. The van der Waals surface area contributed by atoms with Gasteiger partial charge in [-0.1, -0.05) is 13.0 Å². The minimum absolute atomic E-state index is 0.0331. The molecule has 1 aliphatic heterocycles. The van der Waals surface area contributed by atoms with Crippen molar-refractivity contribution in [3.63, 3.8) is 0 Å². The number of carbonyl (C=O) groups is 1. The van der Waals surface area contributed by atoms with E-state index in [0.29, 0.717) is 25.2 Å². The summed E-state index contributed by atoms with van der Waals surface area (Å²) in [6.07, 6.45) is 2.27. The van der Waals surface area contributed by atoms with E-state index in [0.717, 1.165) is 31.8 Å². The molecule has 8 heteroatoms. The molecule has 1 atom stereocenters. The molecule has 1 N–H and O–H groups in total. The van der Waals surface area contributed by atoms with Gasteiger partial charge in [0.2, 0.25) is 10.0 Å². The summed E-state index contributed by atoms with van der Waals surface area (Å²) in [4.78, 5) is 17.9. The Balaban J connectivity index is 1.70. The third kappa shape index (κ3) is 5.94. The van der Waals surface area contributed by atoms with Gasteiger partial charge in [-0.25, -0.2) is 13.1 Å². The number of benzene rings is 1. The minimum Gasteiger partial charge on any atom is -0.339 e. The Bertz CT molecular complexity index is 931. The molecule has 1 saturated heterocycles. The first-order valence-corrected chi connectivity index (χ1v) is 13.4. The standard InChI is InChI=1S/C23H33N3O3S2/c1-4-25(5-2)23(27)19-8-10-20(11-9-19)31(28,29)24-17-21(22-7-6-16-30-22)26-14-12-18(3)13-15-26/h6-11,16,18,21,24H,4-5,12-15,17H2,1-3H3. The van der Waals surface area contributed by atoms with Crippen molar-refractivity contribution < 1.29 is 13.2 Å². The van der Waals surface area contributed by atoms with E-state index < -0.39 is 10.0 Å². The van der Waals surface area contributed by atoms with E-state index in [-0.39, 0.29) is 16.8 Å². The molecule has 1 aliphatic rings. The van der Waals surface area contributed by atoms with Crippen LogP contribution in [-0.4, -0.2) is 56.8 Å². The lowest BCUT2D eigenvalue weighted by Crippen LogP contribution is -2.41. The van der Waals surface area contributed by atoms with Gasteiger partial charge in [0.25, 0.3) is 5.91 Å². The normalized spacial score (nSPS) is 16.9. The number of likely N-dealkylation sites (tertiary alicyclic amines) is 1. The maximum Gasteiger partial charge on any atom is 0.253 e. The Kier molecular flexibility index (Phi) is 8.27. The molecule has 0 spiro atoms. The maximum absolute atomic E-state index is 12.9. The number of hydrogen-bond donors (Lipinski definition) is 1. The van der Waals surface area contributed by atoms with Crippen LogP contribution < -0.4 is 4.72 Å². The predicted octanol–water partition coefficient (Wildman–Crippen LogP) is 3.98. The summed E-state index contributed by atoms with van der Waals surface area (Å²) in [5.74, 6) is 0.633. The van der Waals surface area contributed by atoms with Crippen molar-refractivity contribution in [2.75, 3.05) is 32.7 Å². The van der Waals surface area contributed by atoms with Gasteiger partial charge in [0.1, 0.15) is 0 Å². The van der Waals surface area contributed by atoms with Crippen LogP contribution in [0.1, 0.15) is 54.9 Å². The zero-order valence-electron chi connectivity index (χ0n) is 18.6. The summed E-state index contributed by atoms with van der Waals surface area (Å²) in [5, 5.41) is 2.04. The quantitative estimate of drug-likeness (QED) is 0.611. The van der Waals surface area contributed by atoms with Gasteiger partial charge in [-0.05, 0) is 81.4 Å². The van der Waals surface area contributed by atoms with Crippen molar-refractivity contribution in [2.24, 2.45) is 5.92 Å². The third-order valence-electron chi connectivity index (χ3n) is 6.06. The topological polar surface area (TPSA) is 69.7 Å². The first-order chi connectivity index (χ1) is 14.9. The molecule has 0 saturated carbocycles. The Morgan fingerprint density at radius 2 is 1.81 bits per heavy atom. The summed E-state index contributed by atoms with van der Waals surface area (Å²) in [6.45, 7) is 9.66. The van der Waals surface area contributed by atoms with Crippen LogP contribution in [0.2, 0.25) is 0 Å². The van der Waals surface area contributed by atoms with E-state index >= 15 is 0 Å². The van der Waals surface area contributed by atoms with Crippen LogP contribution in [0, 0.1) is 5.92 Å². The van der Waals surface area contributed by atoms with E-state index in [4.69, 9.17) is 0 Å². The second kappa shape index (κ2) is 10.7. The first kappa shape index (κ1) is 23.9. The van der Waals surface area contributed by atoms with Crippen molar-refractivity contribution in [1.29, 1.82) is 0 Å². The van der Waals surface area contributed by atoms with Crippen LogP contribution in [0.4, 0.5) is 0 Å². The highest BCUT2D eigenvalue weighted by atomic mass is 32.2. The fourth-order valence-electron chi connectivity index (χ4n) is 3.97. The number of thiophene rings is 1. The summed E-state index contributed by atoms with van der Waals surface area (Å²) >= 11 is 1.67. The van der Waals surface area contributed by atoms with Crippen molar-refractivity contribution >= 4 is 27.3 Å². The molecule has 3 rings (SSSR count). The molecule has 0 aliphatic carbocycles. The number of rotatable bonds is 9. The van der Waals surface area contributed by atoms with Gasteiger partial charge in [-0.2, -0.15) is 0 Å². The first-order valence-electron chi connectivity index (χ1n) is 11.0. The Hall–Kier alpha value is -1.74. The van der Waals surface area contributed by atoms with Gasteiger partial charge in [-0.3, -0.25) is 9.69 Å². The molecule has 1 unspecified atom stereocenters. The van der Waals surface area contributed by atoms with Crippen LogP contribution in [0.3, 0.4) is 0 Å². The summed E-state index contributed by atoms with van der Waals surface area (Å²) < 4.78 is 28.7. The van der Waals surface area contributed by atoms with Gasteiger partial charge in [-0.15, -0.1) is 11.3 Å². The number of nitrogens with one attached hydrogen (secondary N) is 1. The van der Waals surface area contributed by atoms with Crippen LogP contribution in [0.25, 0.3) is 0 Å². The number of sulfonamides is 1. The van der Waals surface area contributed by atoms with Gasteiger partial charge < -0.3 is 4.90 Å². The molecule has 1 aromatic heterocycles. The summed E-state index contributed by atoms with van der Waals surface area (Å²) in [5.41, 5.74) is 0.501. The molecular formula is C23H33N3O3S2. The lowest BCUT2D eigenvalue weighted by atomic mass is 9.97. The number of nitrogens with zero attached hydrogens (tertiary/aromatic N) is 2. The van der Waals surface area contributed by atoms with Crippen LogP contribution in [0.15, 0.2) is 46.7 Å². The van der Waals surface area contributed by atoms with E-state index in [1.54, 1.807) is 28.4 Å². The second-order valence-electron chi connectivity index (χ2n) is 8.10. The van der Waals surface area contributed by atoms with Gasteiger partial charge in [0, 0.05) is 30.1 Å². The number of piperidine rings is 1. The molecule has 1 aromatic carbocycles. The van der Waals surface area contributed by atoms with Gasteiger partial charge in [0.15, 0.2) is 0 Å². The van der Waals surface area contributed by atoms with Gasteiger partial charge in [0.05, 0.1) is 10.9 Å². The van der Waals surface area contributed by atoms with E-state index in [2.05, 4.69) is 22.6 Å². The highest BCUT2D eigenvalue weighted by molar-refractivity contribution is 7.89. The molecule has 0 bridgehead atoms. The highest BCUT2D eigenvalue weighted by Crippen LogP contribution is 2.29. The van der Waals surface area contributed by atoms with E-state index in [1.165, 1.54) is 17.0 Å². The molecule has 2 heterocycles. The number of amides is 1. The largest absolute Gasteiger partial charge is 0.339 e. The lowest BCUT2D eigenvalue weighted by molar-refractivity contribution is 0.0773. The number of carbonyl (C=O) groups excluding carboxylic acids is 1. The molecule has 1 fully saturated rings. The third-order valence-corrected chi connectivity index (χ3v) is 8.47. The fraction of sp³-hybridized carbons (Fsp3) is 0.522. The van der Waals surface area contributed by atoms with Crippen LogP contribution >= 0.6 is 11.3 Å². The zero-order chi connectivity index (χ0) is 22.4. The van der Waals surface area contributed by atoms with Crippen molar-refractivity contribution in [2.45, 2.75) is 44.6 Å². The smallest absolute Gasteiger partial charge is 0.253 e. The maximum atomic E-state index is 12.9. The molecule has 31 heavy (non-hydrogen) atoms. The van der Waals surface area contributed by atoms with Crippen LogP contribution in [0.5, 0.6) is 0 Å². The van der Waals surface area contributed by atoms with E-state index in [9.17, 15) is 13.2 Å².